The monoisotopic (exact) mass is 262 g/mol. The molecule has 19 heavy (non-hydrogen) atoms. The van der Waals surface area contributed by atoms with E-state index in [1.807, 2.05) is 29.2 Å². The summed E-state index contributed by atoms with van der Waals surface area (Å²) in [6.07, 6.45) is 0. The molecule has 2 aromatic rings. The van der Waals surface area contributed by atoms with Crippen LogP contribution in [0.4, 0.5) is 0 Å². The van der Waals surface area contributed by atoms with Gasteiger partial charge in [0.15, 0.2) is 5.58 Å². The van der Waals surface area contributed by atoms with Crippen LogP contribution in [0.3, 0.4) is 0 Å². The molecule has 1 aliphatic heterocycles. The first-order valence-electron chi connectivity index (χ1n) is 6.13. The first-order chi connectivity index (χ1) is 9.24. The minimum atomic E-state index is -0.879. The summed E-state index contributed by atoms with van der Waals surface area (Å²) in [4.78, 5) is 17.3. The summed E-state index contributed by atoms with van der Waals surface area (Å²) >= 11 is 0. The highest BCUT2D eigenvalue weighted by atomic mass is 16.5. The number of morpholine rings is 1. The summed E-state index contributed by atoms with van der Waals surface area (Å²) in [5.74, 6) is -0.342. The Kier molecular flexibility index (Phi) is 3.18. The maximum atomic E-state index is 11.2. The Labute approximate surface area is 109 Å². The van der Waals surface area contributed by atoms with Crippen molar-refractivity contribution >= 4 is 17.1 Å². The molecule has 3 rings (SSSR count). The van der Waals surface area contributed by atoms with Gasteiger partial charge in [0.2, 0.25) is 5.89 Å². The van der Waals surface area contributed by atoms with Crippen molar-refractivity contribution in [2.75, 3.05) is 19.8 Å². The predicted octanol–water partition coefficient (Wildman–Crippen LogP) is 1.11. The van der Waals surface area contributed by atoms with Crippen LogP contribution >= 0.6 is 0 Å². The Morgan fingerprint density at radius 1 is 1.47 bits per heavy atom. The van der Waals surface area contributed by atoms with Crippen LogP contribution in [0, 0.1) is 0 Å². The number of carboxylic acids is 1. The first kappa shape index (κ1) is 12.1. The molecule has 6 heteroatoms. The van der Waals surface area contributed by atoms with Crippen LogP contribution < -0.4 is 0 Å². The van der Waals surface area contributed by atoms with Gasteiger partial charge in [-0.25, -0.2) is 4.98 Å². The molecule has 0 saturated carbocycles. The fourth-order valence-electron chi connectivity index (χ4n) is 2.22. The minimum absolute atomic E-state index is 0.204. The molecule has 0 spiro atoms. The number of benzene rings is 1. The lowest BCUT2D eigenvalue weighted by atomic mass is 10.2. The second-order valence-corrected chi connectivity index (χ2v) is 4.47. The number of oxazole rings is 1. The number of fused-ring (bicyclic) bond motifs is 1. The van der Waals surface area contributed by atoms with Gasteiger partial charge in [0.1, 0.15) is 11.6 Å². The number of carbonyl (C=O) groups is 1. The maximum Gasteiger partial charge on any atom is 0.323 e. The number of ether oxygens (including phenoxy) is 1. The van der Waals surface area contributed by atoms with E-state index in [0.717, 1.165) is 11.1 Å². The fourth-order valence-corrected chi connectivity index (χ4v) is 2.22. The SMILES string of the molecule is O=C(O)C1COCCN1Cc1nc2ccccc2o1. The first-order valence-corrected chi connectivity index (χ1v) is 6.13. The van der Waals surface area contributed by atoms with E-state index >= 15 is 0 Å². The van der Waals surface area contributed by atoms with E-state index in [2.05, 4.69) is 4.98 Å². The van der Waals surface area contributed by atoms with Crippen LogP contribution in [0.25, 0.3) is 11.1 Å². The topological polar surface area (TPSA) is 75.8 Å². The molecule has 0 amide bonds. The van der Waals surface area contributed by atoms with E-state index in [4.69, 9.17) is 14.3 Å². The molecule has 0 radical (unpaired) electrons. The van der Waals surface area contributed by atoms with Gasteiger partial charge in [0, 0.05) is 6.54 Å². The highest BCUT2D eigenvalue weighted by molar-refractivity contribution is 5.74. The molecular weight excluding hydrogens is 248 g/mol. The van der Waals surface area contributed by atoms with Gasteiger partial charge in [-0.05, 0) is 12.1 Å². The highest BCUT2D eigenvalue weighted by Crippen LogP contribution is 2.18. The van der Waals surface area contributed by atoms with Gasteiger partial charge < -0.3 is 14.3 Å². The van der Waals surface area contributed by atoms with E-state index in [0.29, 0.717) is 25.6 Å². The van der Waals surface area contributed by atoms with E-state index in [9.17, 15) is 4.79 Å². The van der Waals surface area contributed by atoms with Gasteiger partial charge in [-0.15, -0.1) is 0 Å². The number of rotatable bonds is 3. The van der Waals surface area contributed by atoms with E-state index in [1.165, 1.54) is 0 Å². The van der Waals surface area contributed by atoms with Gasteiger partial charge in [0.05, 0.1) is 19.8 Å². The molecule has 100 valence electrons. The van der Waals surface area contributed by atoms with Crippen LogP contribution in [-0.4, -0.2) is 46.8 Å². The molecule has 1 unspecified atom stereocenters. The molecule has 0 bridgehead atoms. The van der Waals surface area contributed by atoms with E-state index in [1.54, 1.807) is 0 Å². The van der Waals surface area contributed by atoms with Crippen molar-refractivity contribution in [2.45, 2.75) is 12.6 Å². The fraction of sp³-hybridized carbons (Fsp3) is 0.385. The molecule has 6 nitrogen and oxygen atoms in total. The molecule has 2 heterocycles. The van der Waals surface area contributed by atoms with Crippen LogP contribution in [-0.2, 0) is 16.1 Å². The summed E-state index contributed by atoms with van der Waals surface area (Å²) in [7, 11) is 0. The number of nitrogens with zero attached hydrogens (tertiary/aromatic N) is 2. The van der Waals surface area contributed by atoms with Crippen LogP contribution in [0.15, 0.2) is 28.7 Å². The lowest BCUT2D eigenvalue weighted by molar-refractivity contribution is -0.150. The van der Waals surface area contributed by atoms with E-state index in [-0.39, 0.29) is 6.61 Å². The van der Waals surface area contributed by atoms with Crippen LogP contribution in [0.1, 0.15) is 5.89 Å². The Morgan fingerprint density at radius 3 is 3.11 bits per heavy atom. The summed E-state index contributed by atoms with van der Waals surface area (Å²) in [5.41, 5.74) is 1.51. The van der Waals surface area contributed by atoms with Gasteiger partial charge >= 0.3 is 5.97 Å². The Morgan fingerprint density at radius 2 is 2.32 bits per heavy atom. The largest absolute Gasteiger partial charge is 0.480 e. The van der Waals surface area contributed by atoms with Crippen molar-refractivity contribution in [1.29, 1.82) is 0 Å². The van der Waals surface area contributed by atoms with Gasteiger partial charge in [-0.2, -0.15) is 0 Å². The average molecular weight is 262 g/mol. The third-order valence-electron chi connectivity index (χ3n) is 3.20. The lowest BCUT2D eigenvalue weighted by Gasteiger charge is -2.31. The van der Waals surface area contributed by atoms with Crippen LogP contribution in [0.2, 0.25) is 0 Å². The summed E-state index contributed by atoms with van der Waals surface area (Å²) in [6.45, 7) is 1.68. The zero-order chi connectivity index (χ0) is 13.2. The zero-order valence-corrected chi connectivity index (χ0v) is 10.3. The molecule has 1 aliphatic rings. The molecule has 1 atom stereocenters. The second kappa shape index (κ2) is 4.99. The smallest absolute Gasteiger partial charge is 0.323 e. The molecule has 1 N–H and O–H groups in total. The Balaban J connectivity index is 1.80. The third kappa shape index (κ3) is 2.45. The number of aromatic nitrogens is 1. The highest BCUT2D eigenvalue weighted by Gasteiger charge is 2.30. The van der Waals surface area contributed by atoms with Crippen molar-refractivity contribution in [3.05, 3.63) is 30.2 Å². The molecule has 1 fully saturated rings. The van der Waals surface area contributed by atoms with Gasteiger partial charge in [-0.1, -0.05) is 12.1 Å². The minimum Gasteiger partial charge on any atom is -0.480 e. The number of hydrogen-bond donors (Lipinski definition) is 1. The van der Waals surface area contributed by atoms with Gasteiger partial charge in [-0.3, -0.25) is 9.69 Å². The maximum absolute atomic E-state index is 11.2. The second-order valence-electron chi connectivity index (χ2n) is 4.47. The predicted molar refractivity (Wildman–Crippen MR) is 66.7 cm³/mol. The molecule has 1 aromatic heterocycles. The van der Waals surface area contributed by atoms with Crippen LogP contribution in [0.5, 0.6) is 0 Å². The number of hydrogen-bond acceptors (Lipinski definition) is 5. The normalized spacial score (nSPS) is 20.7. The molecular formula is C13H14N2O4. The van der Waals surface area contributed by atoms with Crippen molar-refractivity contribution in [3.8, 4) is 0 Å². The summed E-state index contributed by atoms with van der Waals surface area (Å²) in [6, 6.07) is 6.86. The van der Waals surface area contributed by atoms with Gasteiger partial charge in [0.25, 0.3) is 0 Å². The Hall–Kier alpha value is -1.92. The van der Waals surface area contributed by atoms with E-state index < -0.39 is 12.0 Å². The number of carboxylic acid groups (broad SMARTS) is 1. The third-order valence-corrected chi connectivity index (χ3v) is 3.20. The average Bonchev–Trinajstić information content (AvgIpc) is 2.81. The van der Waals surface area contributed by atoms with Crippen molar-refractivity contribution in [3.63, 3.8) is 0 Å². The number of aliphatic carboxylic acids is 1. The molecule has 1 aromatic carbocycles. The quantitative estimate of drug-likeness (QED) is 0.893. The summed E-state index contributed by atoms with van der Waals surface area (Å²) in [5, 5.41) is 9.15. The van der Waals surface area contributed by atoms with Crippen molar-refractivity contribution < 1.29 is 19.1 Å². The molecule has 1 saturated heterocycles. The Bertz CT molecular complexity index is 562. The molecule has 0 aliphatic carbocycles. The summed E-state index contributed by atoms with van der Waals surface area (Å²) < 4.78 is 10.8. The van der Waals surface area contributed by atoms with Crippen molar-refractivity contribution in [2.24, 2.45) is 0 Å². The number of para-hydroxylation sites is 2. The lowest BCUT2D eigenvalue weighted by Crippen LogP contribution is -2.49. The zero-order valence-electron chi connectivity index (χ0n) is 10.3. The standard InChI is InChI=1S/C13H14N2O4/c16-13(17)10-8-18-6-5-15(10)7-12-14-9-3-1-2-4-11(9)19-12/h1-4,10H,5-8H2,(H,16,17). The van der Waals surface area contributed by atoms with Crippen molar-refractivity contribution in [1.82, 2.24) is 9.88 Å².